The maximum absolute atomic E-state index is 4.43. The van der Waals surface area contributed by atoms with Crippen LogP contribution in [0.3, 0.4) is 0 Å². The van der Waals surface area contributed by atoms with Crippen LogP contribution in [0.1, 0.15) is 22.4 Å². The molecule has 98 valence electrons. The van der Waals surface area contributed by atoms with E-state index in [0.29, 0.717) is 0 Å². The molecule has 0 atom stereocenters. The van der Waals surface area contributed by atoms with Gasteiger partial charge in [0.25, 0.3) is 0 Å². The zero-order chi connectivity index (χ0) is 13.1. The van der Waals surface area contributed by atoms with E-state index < -0.39 is 0 Å². The Morgan fingerprint density at radius 1 is 1.21 bits per heavy atom. The molecule has 0 unspecified atom stereocenters. The fourth-order valence-corrected chi connectivity index (χ4v) is 3.86. The highest BCUT2D eigenvalue weighted by atomic mass is 32.1. The van der Waals surface area contributed by atoms with E-state index in [1.807, 2.05) is 17.5 Å². The van der Waals surface area contributed by atoms with Crippen LogP contribution in [0.25, 0.3) is 10.1 Å². The Balaban J connectivity index is 1.63. The van der Waals surface area contributed by atoms with Gasteiger partial charge >= 0.3 is 0 Å². The molecule has 0 saturated carbocycles. The smallest absolute Gasteiger partial charge is 0.107 e. The quantitative estimate of drug-likeness (QED) is 0.760. The van der Waals surface area contributed by atoms with Crippen molar-refractivity contribution in [3.63, 3.8) is 0 Å². The van der Waals surface area contributed by atoms with Gasteiger partial charge in [0.1, 0.15) is 5.01 Å². The Hall–Kier alpha value is -1.23. The van der Waals surface area contributed by atoms with Gasteiger partial charge in [0.2, 0.25) is 0 Å². The third kappa shape index (κ3) is 2.86. The maximum atomic E-state index is 4.43. The molecule has 0 aliphatic heterocycles. The highest BCUT2D eigenvalue weighted by Crippen LogP contribution is 2.25. The molecular weight excluding hydrogens is 272 g/mol. The van der Waals surface area contributed by atoms with Crippen molar-refractivity contribution < 1.29 is 0 Å². The van der Waals surface area contributed by atoms with Crippen molar-refractivity contribution in [1.82, 2.24) is 10.3 Å². The van der Waals surface area contributed by atoms with Gasteiger partial charge in [-0.1, -0.05) is 25.1 Å². The van der Waals surface area contributed by atoms with Gasteiger partial charge in [0.15, 0.2) is 0 Å². The molecule has 0 saturated heterocycles. The molecule has 0 amide bonds. The number of nitrogens with zero attached hydrogens (tertiary/aromatic N) is 1. The minimum absolute atomic E-state index is 0.856. The zero-order valence-electron chi connectivity index (χ0n) is 10.8. The maximum Gasteiger partial charge on any atom is 0.107 e. The largest absolute Gasteiger partial charge is 0.306 e. The standard InChI is InChI=1S/C15H16N2S2/c1-2-12-8-17-15(19-12)9-16-7-11-10-18-14-6-4-3-5-13(11)14/h3-6,8,10,16H,2,7,9H2,1H3. The summed E-state index contributed by atoms with van der Waals surface area (Å²) in [5.41, 5.74) is 1.38. The molecule has 2 nitrogen and oxygen atoms in total. The van der Waals surface area contributed by atoms with Crippen LogP contribution in [0, 0.1) is 0 Å². The van der Waals surface area contributed by atoms with E-state index in [0.717, 1.165) is 19.5 Å². The fraction of sp³-hybridized carbons (Fsp3) is 0.267. The topological polar surface area (TPSA) is 24.9 Å². The first-order valence-corrected chi connectivity index (χ1v) is 8.16. The lowest BCUT2D eigenvalue weighted by Gasteiger charge is -2.01. The number of rotatable bonds is 5. The van der Waals surface area contributed by atoms with E-state index in [4.69, 9.17) is 0 Å². The summed E-state index contributed by atoms with van der Waals surface area (Å²) in [5, 5.41) is 8.28. The van der Waals surface area contributed by atoms with Gasteiger partial charge in [0, 0.05) is 28.9 Å². The van der Waals surface area contributed by atoms with Crippen LogP contribution in [-0.2, 0) is 19.5 Å². The minimum Gasteiger partial charge on any atom is -0.306 e. The minimum atomic E-state index is 0.856. The first-order valence-electron chi connectivity index (χ1n) is 6.46. The van der Waals surface area contributed by atoms with Gasteiger partial charge in [0.05, 0.1) is 0 Å². The molecule has 1 N–H and O–H groups in total. The van der Waals surface area contributed by atoms with E-state index in [1.165, 1.54) is 25.5 Å². The van der Waals surface area contributed by atoms with E-state index >= 15 is 0 Å². The van der Waals surface area contributed by atoms with Crippen LogP contribution in [0.15, 0.2) is 35.8 Å². The van der Waals surface area contributed by atoms with Gasteiger partial charge in [-0.3, -0.25) is 0 Å². The number of thiophene rings is 1. The molecule has 1 aromatic carbocycles. The third-order valence-corrected chi connectivity index (χ3v) is 5.26. The lowest BCUT2D eigenvalue weighted by molar-refractivity contribution is 0.694. The number of hydrogen-bond donors (Lipinski definition) is 1. The average Bonchev–Trinajstić information content (AvgIpc) is 3.06. The number of benzene rings is 1. The van der Waals surface area contributed by atoms with Gasteiger partial charge in [-0.15, -0.1) is 22.7 Å². The lowest BCUT2D eigenvalue weighted by Crippen LogP contribution is -2.11. The summed E-state index contributed by atoms with van der Waals surface area (Å²) < 4.78 is 1.36. The highest BCUT2D eigenvalue weighted by molar-refractivity contribution is 7.17. The average molecular weight is 288 g/mol. The van der Waals surface area contributed by atoms with Crippen molar-refractivity contribution in [3.05, 3.63) is 51.3 Å². The molecule has 4 heteroatoms. The van der Waals surface area contributed by atoms with Gasteiger partial charge in [-0.25, -0.2) is 4.98 Å². The third-order valence-electron chi connectivity index (χ3n) is 3.10. The van der Waals surface area contributed by atoms with Crippen LogP contribution < -0.4 is 5.32 Å². The zero-order valence-corrected chi connectivity index (χ0v) is 12.5. The number of fused-ring (bicyclic) bond motifs is 1. The normalized spacial score (nSPS) is 11.2. The number of nitrogens with one attached hydrogen (secondary N) is 1. The SMILES string of the molecule is CCc1cnc(CNCc2csc3ccccc23)s1. The van der Waals surface area contributed by atoms with Gasteiger partial charge < -0.3 is 5.32 Å². The summed E-state index contributed by atoms with van der Waals surface area (Å²) in [6, 6.07) is 8.57. The van der Waals surface area contributed by atoms with Crippen molar-refractivity contribution in [2.45, 2.75) is 26.4 Å². The Bertz CT molecular complexity index is 669. The fourth-order valence-electron chi connectivity index (χ4n) is 2.07. The van der Waals surface area contributed by atoms with Crippen molar-refractivity contribution in [2.75, 3.05) is 0 Å². The molecule has 19 heavy (non-hydrogen) atoms. The van der Waals surface area contributed by atoms with Crippen LogP contribution in [0.5, 0.6) is 0 Å². The number of aryl methyl sites for hydroxylation is 1. The molecule has 0 aliphatic carbocycles. The van der Waals surface area contributed by atoms with Crippen molar-refractivity contribution >= 4 is 32.8 Å². The van der Waals surface area contributed by atoms with Gasteiger partial charge in [-0.2, -0.15) is 0 Å². The van der Waals surface area contributed by atoms with Crippen molar-refractivity contribution in [2.24, 2.45) is 0 Å². The molecular formula is C15H16N2S2. The molecule has 0 spiro atoms. The Labute approximate surface area is 121 Å². The first-order chi connectivity index (χ1) is 9.36. The first kappa shape index (κ1) is 12.8. The predicted molar refractivity (Wildman–Crippen MR) is 83.9 cm³/mol. The van der Waals surface area contributed by atoms with E-state index in [-0.39, 0.29) is 0 Å². The Morgan fingerprint density at radius 3 is 2.95 bits per heavy atom. The van der Waals surface area contributed by atoms with Crippen LogP contribution >= 0.6 is 22.7 Å². The molecule has 0 radical (unpaired) electrons. The summed E-state index contributed by atoms with van der Waals surface area (Å²) in [5.74, 6) is 0. The Kier molecular flexibility index (Phi) is 3.92. The molecule has 2 aromatic heterocycles. The van der Waals surface area contributed by atoms with Crippen LogP contribution in [0.4, 0.5) is 0 Å². The van der Waals surface area contributed by atoms with Crippen LogP contribution in [0.2, 0.25) is 0 Å². The lowest BCUT2D eigenvalue weighted by atomic mass is 10.2. The second-order valence-corrected chi connectivity index (χ2v) is 6.55. The highest BCUT2D eigenvalue weighted by Gasteiger charge is 2.04. The van der Waals surface area contributed by atoms with E-state index in [9.17, 15) is 0 Å². The molecule has 0 bridgehead atoms. The summed E-state index contributed by atoms with van der Waals surface area (Å²) in [6.45, 7) is 3.93. The predicted octanol–water partition coefficient (Wildman–Crippen LogP) is 4.21. The number of hydrogen-bond acceptors (Lipinski definition) is 4. The number of thiazole rings is 1. The second-order valence-electron chi connectivity index (χ2n) is 4.43. The summed E-state index contributed by atoms with van der Waals surface area (Å²) in [6.07, 6.45) is 3.06. The summed E-state index contributed by atoms with van der Waals surface area (Å²) in [4.78, 5) is 5.79. The molecule has 3 aromatic rings. The monoisotopic (exact) mass is 288 g/mol. The van der Waals surface area contributed by atoms with Gasteiger partial charge in [-0.05, 0) is 28.8 Å². The number of aromatic nitrogens is 1. The molecule has 0 aliphatic rings. The molecule has 3 rings (SSSR count). The molecule has 2 heterocycles. The van der Waals surface area contributed by atoms with Crippen molar-refractivity contribution in [1.29, 1.82) is 0 Å². The van der Waals surface area contributed by atoms with E-state index in [1.54, 1.807) is 11.3 Å². The second kappa shape index (κ2) is 5.82. The van der Waals surface area contributed by atoms with Crippen LogP contribution in [-0.4, -0.2) is 4.98 Å². The summed E-state index contributed by atoms with van der Waals surface area (Å²) in [7, 11) is 0. The Morgan fingerprint density at radius 2 is 2.11 bits per heavy atom. The molecule has 0 fully saturated rings. The van der Waals surface area contributed by atoms with Crippen molar-refractivity contribution in [3.8, 4) is 0 Å². The summed E-state index contributed by atoms with van der Waals surface area (Å²) >= 11 is 3.62. The van der Waals surface area contributed by atoms with E-state index in [2.05, 4.69) is 46.9 Å².